The Morgan fingerprint density at radius 1 is 1.07 bits per heavy atom. The fourth-order valence-electron chi connectivity index (χ4n) is 1.67. The number of carbonyl (C=O) groups excluding carboxylic acids is 6. The smallest absolute Gasteiger partial charge is 0.309 e. The van der Waals surface area contributed by atoms with Crippen LogP contribution in [0, 0.1) is 31.1 Å². The van der Waals surface area contributed by atoms with Gasteiger partial charge in [-0.25, -0.2) is 6.29 Å². The molecule has 12 heteroatoms. The van der Waals surface area contributed by atoms with E-state index in [-0.39, 0.29) is 31.1 Å². The van der Waals surface area contributed by atoms with Gasteiger partial charge in [0.25, 0.3) is 5.91 Å². The largest absolute Gasteiger partial charge is 0.540 e. The van der Waals surface area contributed by atoms with Crippen LogP contribution in [-0.2, 0) is 33.5 Å². The summed E-state index contributed by atoms with van der Waals surface area (Å²) in [5, 5.41) is 5.93. The molecule has 3 N–H and O–H groups in total. The first kappa shape index (κ1) is 26.6. The molecule has 0 heterocycles. The van der Waals surface area contributed by atoms with E-state index in [0.717, 1.165) is 0 Å². The minimum absolute atomic E-state index is 0. The fraction of sp³-hybridized carbons (Fsp3) is 0.625. The Balaban J connectivity index is 0. The monoisotopic (exact) mass is 642 g/mol. The van der Waals surface area contributed by atoms with Gasteiger partial charge in [0.15, 0.2) is 6.10 Å². The van der Waals surface area contributed by atoms with Crippen molar-refractivity contribution < 1.29 is 66.0 Å². The first-order chi connectivity index (χ1) is 12.9. The molecular weight excluding hydrogens is 616 g/mol. The van der Waals surface area contributed by atoms with Gasteiger partial charge in [0, 0.05) is 31.1 Å². The van der Waals surface area contributed by atoms with Gasteiger partial charge in [-0.15, -0.1) is 0 Å². The van der Waals surface area contributed by atoms with Crippen molar-refractivity contribution in [2.75, 3.05) is 0 Å². The summed E-state index contributed by atoms with van der Waals surface area (Å²) in [6.45, 7) is 5.35. The zero-order chi connectivity index (χ0) is 22.0. The average molecular weight is 642 g/mol. The fourth-order valence-corrected chi connectivity index (χ4v) is 1.75. The maximum atomic E-state index is 12.2. The number of hydrogen-bond donors (Lipinski definition) is 4. The Hall–Kier alpha value is -1.38. The Morgan fingerprint density at radius 3 is 2.11 bits per heavy atom. The van der Waals surface area contributed by atoms with Gasteiger partial charge in [-0.05, 0) is 20.8 Å². The summed E-state index contributed by atoms with van der Waals surface area (Å²) in [5.41, 5.74) is 0. The van der Waals surface area contributed by atoms with Crippen LogP contribution in [0.15, 0.2) is 0 Å². The average Bonchev–Trinajstić information content (AvgIpc) is 2.60. The Kier molecular flexibility index (Phi) is 13.9. The number of amides is 3. The molecule has 0 aromatic carbocycles. The normalized spacial score (nSPS) is 15.8. The first-order valence-electron chi connectivity index (χ1n) is 8.55. The number of carbonyl (C=O) groups is 5. The van der Waals surface area contributed by atoms with Crippen LogP contribution in [-0.4, -0.2) is 65.7 Å². The van der Waals surface area contributed by atoms with Crippen LogP contribution in [0.1, 0.15) is 35.5 Å². The molecular formula is C16H24N3O7SU-. The number of esters is 1. The molecule has 0 spiro atoms. The van der Waals surface area contributed by atoms with Crippen LogP contribution in [0.3, 0.4) is 0 Å². The van der Waals surface area contributed by atoms with E-state index in [1.165, 1.54) is 34.0 Å². The third-order valence-electron chi connectivity index (χ3n) is 3.13. The van der Waals surface area contributed by atoms with Crippen molar-refractivity contribution in [2.24, 2.45) is 0 Å². The standard InChI is InChI=1S/C16H24N3O7S.U/c1-8(6-20)17-14(23)10(3)26-13(22)5-12(19-15(24)11(4)27)16(25)18-9(2)7-21;/h7-12,27H,5H2,1-4H3,(H,17,23)(H,18,25)(H,19,24);/q-1;/i7T;. The molecule has 156 valence electrons. The molecule has 0 aromatic rings. The third-order valence-corrected chi connectivity index (χ3v) is 3.37. The van der Waals surface area contributed by atoms with Gasteiger partial charge >= 0.3 is 5.97 Å². The SMILES string of the molecule is [3H]C(=O)C(C)NC(=O)C(CC(=O)OC(C)C(=O)NC(C)[C-]=O)NC(=O)C(C)S.[U]. The molecule has 5 atom stereocenters. The second-order valence-corrected chi connectivity index (χ2v) is 6.54. The predicted octanol–water partition coefficient (Wildman–Crippen LogP) is -1.57. The van der Waals surface area contributed by atoms with Crippen LogP contribution in [0.5, 0.6) is 0 Å². The molecule has 5 unspecified atom stereocenters. The topological polar surface area (TPSA) is 148 Å². The number of thiol groups is 1. The second-order valence-electron chi connectivity index (χ2n) is 5.77. The van der Waals surface area contributed by atoms with Crippen LogP contribution in [0.25, 0.3) is 0 Å². The summed E-state index contributed by atoms with van der Waals surface area (Å²) in [6.07, 6.45) is -1.42. The molecule has 0 rings (SSSR count). The number of hydrogen-bond acceptors (Lipinski definition) is 8. The Morgan fingerprint density at radius 2 is 1.64 bits per heavy atom. The molecule has 0 aliphatic rings. The number of rotatable bonds is 11. The molecule has 0 fully saturated rings. The van der Waals surface area contributed by atoms with Gasteiger partial charge in [-0.1, -0.05) is 13.0 Å². The van der Waals surface area contributed by atoms with E-state index in [1.54, 1.807) is 0 Å². The molecule has 28 heavy (non-hydrogen) atoms. The van der Waals surface area contributed by atoms with Crippen molar-refractivity contribution in [3.8, 4) is 0 Å². The van der Waals surface area contributed by atoms with Crippen molar-refractivity contribution in [3.05, 3.63) is 0 Å². The van der Waals surface area contributed by atoms with Gasteiger partial charge in [0.1, 0.15) is 13.7 Å². The van der Waals surface area contributed by atoms with Crippen molar-refractivity contribution in [1.82, 2.24) is 16.0 Å². The minimum Gasteiger partial charge on any atom is -0.540 e. The van der Waals surface area contributed by atoms with E-state index < -0.39 is 65.9 Å². The van der Waals surface area contributed by atoms with Crippen LogP contribution < -0.4 is 16.0 Å². The molecule has 0 aliphatic heterocycles. The summed E-state index contributed by atoms with van der Waals surface area (Å²) in [4.78, 5) is 69.3. The maximum Gasteiger partial charge on any atom is 0.309 e. The second kappa shape index (κ2) is 14.6. The number of nitrogens with one attached hydrogen (secondary N) is 3. The van der Waals surface area contributed by atoms with E-state index in [9.17, 15) is 28.8 Å². The molecule has 0 saturated heterocycles. The van der Waals surface area contributed by atoms with Crippen molar-refractivity contribution >= 4 is 48.9 Å². The van der Waals surface area contributed by atoms with Crippen molar-refractivity contribution in [2.45, 2.75) is 63.6 Å². The summed E-state index contributed by atoms with van der Waals surface area (Å²) in [6, 6.07) is -3.46. The molecule has 0 radical (unpaired) electrons. The molecule has 0 bridgehead atoms. The predicted molar refractivity (Wildman–Crippen MR) is 97.5 cm³/mol. The maximum absolute atomic E-state index is 12.2. The van der Waals surface area contributed by atoms with E-state index in [4.69, 9.17) is 6.11 Å². The summed E-state index contributed by atoms with van der Waals surface area (Å²) < 4.78 is 11.9. The van der Waals surface area contributed by atoms with Gasteiger partial charge in [-0.2, -0.15) is 12.6 Å². The van der Waals surface area contributed by atoms with Crippen LogP contribution >= 0.6 is 12.6 Å². The molecule has 0 saturated carbocycles. The van der Waals surface area contributed by atoms with E-state index in [0.29, 0.717) is 0 Å². The third kappa shape index (κ3) is 11.5. The summed E-state index contributed by atoms with van der Waals surface area (Å²) >= 11 is 3.92. The molecule has 10 nitrogen and oxygen atoms in total. The van der Waals surface area contributed by atoms with Crippen LogP contribution in [0.4, 0.5) is 0 Å². The summed E-state index contributed by atoms with van der Waals surface area (Å²) in [5.74, 6) is -3.26. The number of aldehydes is 1. The molecule has 3 amide bonds. The number of ether oxygens (including phenoxy) is 1. The zero-order valence-electron chi connectivity index (χ0n) is 16.9. The van der Waals surface area contributed by atoms with Crippen molar-refractivity contribution in [1.29, 1.82) is 0 Å². The quantitative estimate of drug-likeness (QED) is 0.0922. The molecule has 0 aliphatic carbocycles. The first-order valence-corrected chi connectivity index (χ1v) is 8.57. The minimum atomic E-state index is -1.41. The van der Waals surface area contributed by atoms with Gasteiger partial charge in [-0.3, -0.25) is 19.2 Å². The van der Waals surface area contributed by atoms with Crippen molar-refractivity contribution in [3.63, 3.8) is 0 Å². The van der Waals surface area contributed by atoms with Gasteiger partial charge in [0.2, 0.25) is 11.8 Å². The van der Waals surface area contributed by atoms with Gasteiger partial charge in [0.05, 0.1) is 17.7 Å². The molecule has 0 aromatic heterocycles. The Labute approximate surface area is 193 Å². The van der Waals surface area contributed by atoms with E-state index >= 15 is 0 Å². The zero-order valence-corrected chi connectivity index (χ0v) is 21.0. The van der Waals surface area contributed by atoms with E-state index in [2.05, 4.69) is 28.6 Å². The Bertz CT molecular complexity index is 636. The summed E-state index contributed by atoms with van der Waals surface area (Å²) in [7, 11) is 0. The van der Waals surface area contributed by atoms with Gasteiger partial charge < -0.3 is 30.3 Å². The van der Waals surface area contributed by atoms with E-state index in [1.807, 2.05) is 0 Å². The van der Waals surface area contributed by atoms with Crippen LogP contribution in [0.2, 0.25) is 0 Å².